The lowest BCUT2D eigenvalue weighted by molar-refractivity contribution is -0.143. The summed E-state index contributed by atoms with van der Waals surface area (Å²) in [6.45, 7) is 3.69. The molecule has 206 valence electrons. The molecule has 4 unspecified atom stereocenters. The van der Waals surface area contributed by atoms with Crippen LogP contribution >= 0.6 is 0 Å². The van der Waals surface area contributed by atoms with Gasteiger partial charge in [-0.2, -0.15) is 0 Å². The fourth-order valence-electron chi connectivity index (χ4n) is 3.55. The van der Waals surface area contributed by atoms with Crippen molar-refractivity contribution in [3.05, 3.63) is 35.9 Å². The standard InChI is InChI=1S/C25H39N5O7/c1-15(2)21(25(36)37)30-24(35)19(14-16-8-4-3-5-9-16)29-23(34)18(10-6-7-13-26)28-22(33)17(27)11-12-20(31)32/h3-5,8-9,15,17-19,21H,6-7,10-14,26-27H2,1-2H3,(H,28,33)(H,29,34)(H,30,35)(H,31,32)(H,36,37). The third-order valence-electron chi connectivity index (χ3n) is 5.73. The highest BCUT2D eigenvalue weighted by molar-refractivity contribution is 5.94. The SMILES string of the molecule is CC(C)C(NC(=O)C(Cc1ccccc1)NC(=O)C(CCCCN)NC(=O)C(N)CCC(=O)O)C(=O)O. The number of nitrogens with one attached hydrogen (secondary N) is 3. The molecule has 0 heterocycles. The van der Waals surface area contributed by atoms with E-state index in [0.717, 1.165) is 5.56 Å². The van der Waals surface area contributed by atoms with Gasteiger partial charge in [-0.3, -0.25) is 19.2 Å². The molecule has 1 rings (SSSR count). The fourth-order valence-corrected chi connectivity index (χ4v) is 3.55. The van der Waals surface area contributed by atoms with E-state index in [1.165, 1.54) is 0 Å². The minimum atomic E-state index is -1.20. The van der Waals surface area contributed by atoms with Crippen LogP contribution in [-0.4, -0.2) is 70.6 Å². The predicted molar refractivity (Wildman–Crippen MR) is 136 cm³/mol. The Balaban J connectivity index is 3.09. The second-order valence-electron chi connectivity index (χ2n) is 9.20. The fraction of sp³-hybridized carbons (Fsp3) is 0.560. The lowest BCUT2D eigenvalue weighted by atomic mass is 10.0. The Hall–Kier alpha value is -3.51. The summed E-state index contributed by atoms with van der Waals surface area (Å²) in [5.74, 6) is -4.72. The number of benzene rings is 1. The number of nitrogens with two attached hydrogens (primary N) is 2. The van der Waals surface area contributed by atoms with Crippen molar-refractivity contribution in [1.29, 1.82) is 0 Å². The smallest absolute Gasteiger partial charge is 0.326 e. The first-order chi connectivity index (χ1) is 17.5. The van der Waals surface area contributed by atoms with Crippen LogP contribution in [0, 0.1) is 5.92 Å². The summed E-state index contributed by atoms with van der Waals surface area (Å²) in [7, 11) is 0. The molecule has 1 aromatic carbocycles. The first-order valence-electron chi connectivity index (χ1n) is 12.3. The quantitative estimate of drug-likeness (QED) is 0.134. The number of amides is 3. The van der Waals surface area contributed by atoms with Gasteiger partial charge < -0.3 is 37.6 Å². The first kappa shape index (κ1) is 31.5. The van der Waals surface area contributed by atoms with Crippen LogP contribution in [0.4, 0.5) is 0 Å². The Morgan fingerprint density at radius 2 is 1.43 bits per heavy atom. The van der Waals surface area contributed by atoms with E-state index >= 15 is 0 Å². The monoisotopic (exact) mass is 521 g/mol. The average molecular weight is 522 g/mol. The minimum Gasteiger partial charge on any atom is -0.481 e. The summed E-state index contributed by atoms with van der Waals surface area (Å²) in [6, 6.07) is 4.42. The molecule has 0 aliphatic rings. The Bertz CT molecular complexity index is 910. The van der Waals surface area contributed by atoms with Gasteiger partial charge in [-0.05, 0) is 43.7 Å². The Kier molecular flexibility index (Phi) is 13.9. The number of carbonyl (C=O) groups is 5. The van der Waals surface area contributed by atoms with Crippen LogP contribution in [0.25, 0.3) is 0 Å². The highest BCUT2D eigenvalue weighted by Crippen LogP contribution is 2.09. The molecule has 37 heavy (non-hydrogen) atoms. The van der Waals surface area contributed by atoms with E-state index in [1.807, 2.05) is 0 Å². The van der Waals surface area contributed by atoms with Gasteiger partial charge in [-0.1, -0.05) is 44.2 Å². The number of unbranched alkanes of at least 4 members (excludes halogenated alkanes) is 1. The van der Waals surface area contributed by atoms with Gasteiger partial charge in [0.2, 0.25) is 17.7 Å². The molecule has 0 radical (unpaired) electrons. The van der Waals surface area contributed by atoms with Crippen LogP contribution in [0.2, 0.25) is 0 Å². The van der Waals surface area contributed by atoms with Crippen molar-refractivity contribution in [3.8, 4) is 0 Å². The molecule has 0 aromatic heterocycles. The van der Waals surface area contributed by atoms with Gasteiger partial charge in [0.05, 0.1) is 6.04 Å². The second kappa shape index (κ2) is 16.3. The molecule has 3 amide bonds. The Labute approximate surface area is 216 Å². The minimum absolute atomic E-state index is 0.0877. The Morgan fingerprint density at radius 3 is 1.97 bits per heavy atom. The number of carbonyl (C=O) groups excluding carboxylic acids is 3. The number of aliphatic carboxylic acids is 2. The highest BCUT2D eigenvalue weighted by atomic mass is 16.4. The van der Waals surface area contributed by atoms with E-state index in [1.54, 1.807) is 44.2 Å². The maximum Gasteiger partial charge on any atom is 0.326 e. The van der Waals surface area contributed by atoms with Crippen molar-refractivity contribution in [1.82, 2.24) is 16.0 Å². The lowest BCUT2D eigenvalue weighted by Gasteiger charge is -2.26. The van der Waals surface area contributed by atoms with Crippen LogP contribution in [0.3, 0.4) is 0 Å². The molecule has 0 spiro atoms. The third-order valence-corrected chi connectivity index (χ3v) is 5.73. The average Bonchev–Trinajstić information content (AvgIpc) is 2.84. The van der Waals surface area contributed by atoms with Crippen molar-refractivity contribution < 1.29 is 34.2 Å². The molecule has 0 fully saturated rings. The number of rotatable bonds is 17. The van der Waals surface area contributed by atoms with Gasteiger partial charge in [0.1, 0.15) is 18.1 Å². The van der Waals surface area contributed by atoms with E-state index in [9.17, 15) is 29.1 Å². The molecule has 12 nitrogen and oxygen atoms in total. The van der Waals surface area contributed by atoms with Crippen molar-refractivity contribution >= 4 is 29.7 Å². The first-order valence-corrected chi connectivity index (χ1v) is 12.3. The lowest BCUT2D eigenvalue weighted by Crippen LogP contribution is -2.58. The van der Waals surface area contributed by atoms with E-state index in [-0.39, 0.29) is 25.7 Å². The summed E-state index contributed by atoms with van der Waals surface area (Å²) < 4.78 is 0. The summed E-state index contributed by atoms with van der Waals surface area (Å²) >= 11 is 0. The molecule has 1 aromatic rings. The van der Waals surface area contributed by atoms with Crippen molar-refractivity contribution in [3.63, 3.8) is 0 Å². The maximum absolute atomic E-state index is 13.2. The molecular formula is C25H39N5O7. The van der Waals surface area contributed by atoms with E-state index < -0.39 is 59.7 Å². The number of hydrogen-bond acceptors (Lipinski definition) is 7. The van der Waals surface area contributed by atoms with Gasteiger partial charge in [0.15, 0.2) is 0 Å². The van der Waals surface area contributed by atoms with Gasteiger partial charge in [-0.25, -0.2) is 4.79 Å². The van der Waals surface area contributed by atoms with Gasteiger partial charge in [0.25, 0.3) is 0 Å². The van der Waals surface area contributed by atoms with E-state index in [4.69, 9.17) is 16.6 Å². The van der Waals surface area contributed by atoms with Crippen molar-refractivity contribution in [2.75, 3.05) is 6.54 Å². The summed E-state index contributed by atoms with van der Waals surface area (Å²) in [5.41, 5.74) is 12.1. The van der Waals surface area contributed by atoms with Crippen LogP contribution in [-0.2, 0) is 30.4 Å². The van der Waals surface area contributed by atoms with E-state index in [0.29, 0.717) is 19.4 Å². The molecule has 0 bridgehead atoms. The van der Waals surface area contributed by atoms with Crippen LogP contribution < -0.4 is 27.4 Å². The zero-order valence-electron chi connectivity index (χ0n) is 21.3. The van der Waals surface area contributed by atoms with Crippen molar-refractivity contribution in [2.24, 2.45) is 17.4 Å². The van der Waals surface area contributed by atoms with Crippen molar-refractivity contribution in [2.45, 2.75) is 76.5 Å². The molecule has 0 aliphatic carbocycles. The summed E-state index contributed by atoms with van der Waals surface area (Å²) in [5, 5.41) is 26.0. The maximum atomic E-state index is 13.2. The molecular weight excluding hydrogens is 482 g/mol. The number of carboxylic acids is 2. The van der Waals surface area contributed by atoms with Crippen LogP contribution in [0.15, 0.2) is 30.3 Å². The van der Waals surface area contributed by atoms with Gasteiger partial charge >= 0.3 is 11.9 Å². The number of hydrogen-bond donors (Lipinski definition) is 7. The zero-order chi connectivity index (χ0) is 28.0. The summed E-state index contributed by atoms with van der Waals surface area (Å²) in [6.07, 6.45) is 0.979. The van der Waals surface area contributed by atoms with E-state index in [2.05, 4.69) is 16.0 Å². The topological polar surface area (TPSA) is 214 Å². The highest BCUT2D eigenvalue weighted by Gasteiger charge is 2.31. The largest absolute Gasteiger partial charge is 0.481 e. The van der Waals surface area contributed by atoms with Gasteiger partial charge in [-0.15, -0.1) is 0 Å². The number of carboxylic acid groups (broad SMARTS) is 2. The molecule has 12 heteroatoms. The second-order valence-corrected chi connectivity index (χ2v) is 9.20. The molecule has 9 N–H and O–H groups in total. The van der Waals surface area contributed by atoms with Crippen LogP contribution in [0.5, 0.6) is 0 Å². The molecule has 4 atom stereocenters. The predicted octanol–water partition coefficient (Wildman–Crippen LogP) is -0.255. The molecule has 0 saturated heterocycles. The van der Waals surface area contributed by atoms with Gasteiger partial charge in [0, 0.05) is 12.8 Å². The zero-order valence-corrected chi connectivity index (χ0v) is 21.3. The van der Waals surface area contributed by atoms with Crippen LogP contribution in [0.1, 0.15) is 51.5 Å². The third kappa shape index (κ3) is 11.8. The summed E-state index contributed by atoms with van der Waals surface area (Å²) in [4.78, 5) is 61.3. The molecule has 0 aliphatic heterocycles. The normalized spacial score (nSPS) is 14.2. The Morgan fingerprint density at radius 1 is 0.838 bits per heavy atom. The molecule has 0 saturated carbocycles.